The topological polar surface area (TPSA) is 41.6 Å². The third-order valence-corrected chi connectivity index (χ3v) is 6.76. The van der Waals surface area contributed by atoms with Gasteiger partial charge in [-0.2, -0.15) is 0 Å². The molecule has 4 heterocycles. The summed E-state index contributed by atoms with van der Waals surface area (Å²) < 4.78 is 6.38. The number of fused-ring (bicyclic) bond motifs is 1. The SMILES string of the molecule is CCN1C[C@@H]2[C@H](CNC(=O)c3ccc(C)s3)[C@H]3CC[C@]2(C1)O3. The number of ether oxygens (including phenoxy) is 1. The van der Waals surface area contributed by atoms with Crippen LogP contribution in [0, 0.1) is 18.8 Å². The first-order valence-electron chi connectivity index (χ1n) is 8.36. The number of amides is 1. The lowest BCUT2D eigenvalue weighted by atomic mass is 9.73. The predicted molar refractivity (Wildman–Crippen MR) is 87.3 cm³/mol. The minimum absolute atomic E-state index is 0.0697. The van der Waals surface area contributed by atoms with Gasteiger partial charge in [-0.1, -0.05) is 6.92 Å². The number of likely N-dealkylation sites (N-methyl/N-ethyl adjacent to an activating group) is 1. The number of hydrogen-bond donors (Lipinski definition) is 1. The van der Waals surface area contributed by atoms with Gasteiger partial charge in [-0.05, 0) is 38.4 Å². The molecule has 3 aliphatic heterocycles. The van der Waals surface area contributed by atoms with Crippen molar-refractivity contribution in [2.75, 3.05) is 26.2 Å². The molecule has 3 fully saturated rings. The van der Waals surface area contributed by atoms with Crippen molar-refractivity contribution in [3.63, 3.8) is 0 Å². The van der Waals surface area contributed by atoms with Crippen molar-refractivity contribution in [3.8, 4) is 0 Å². The van der Waals surface area contributed by atoms with E-state index in [2.05, 4.69) is 17.1 Å². The number of hydrogen-bond acceptors (Lipinski definition) is 4. The van der Waals surface area contributed by atoms with Crippen LogP contribution >= 0.6 is 11.3 Å². The van der Waals surface area contributed by atoms with E-state index >= 15 is 0 Å². The zero-order valence-electron chi connectivity index (χ0n) is 13.3. The first-order valence-corrected chi connectivity index (χ1v) is 9.18. The van der Waals surface area contributed by atoms with Crippen LogP contribution in [0.2, 0.25) is 0 Å². The molecule has 5 heteroatoms. The summed E-state index contributed by atoms with van der Waals surface area (Å²) in [5.41, 5.74) is 0.0928. The van der Waals surface area contributed by atoms with Crippen LogP contribution < -0.4 is 5.32 Å². The van der Waals surface area contributed by atoms with Crippen LogP contribution in [0.3, 0.4) is 0 Å². The molecule has 1 N–H and O–H groups in total. The van der Waals surface area contributed by atoms with Gasteiger partial charge in [0, 0.05) is 36.3 Å². The lowest BCUT2D eigenvalue weighted by molar-refractivity contribution is 0.00318. The molecule has 4 rings (SSSR count). The molecular weight excluding hydrogens is 296 g/mol. The highest BCUT2D eigenvalue weighted by molar-refractivity contribution is 7.13. The van der Waals surface area contributed by atoms with E-state index in [1.807, 2.05) is 19.1 Å². The molecular formula is C17H24N2O2S. The Hall–Kier alpha value is -0.910. The average Bonchev–Trinajstić information content (AvgIpc) is 3.23. The van der Waals surface area contributed by atoms with E-state index in [4.69, 9.17) is 4.74 Å². The Morgan fingerprint density at radius 2 is 2.41 bits per heavy atom. The van der Waals surface area contributed by atoms with Gasteiger partial charge < -0.3 is 15.0 Å². The summed E-state index contributed by atoms with van der Waals surface area (Å²) in [6, 6.07) is 3.92. The summed E-state index contributed by atoms with van der Waals surface area (Å²) in [5, 5.41) is 3.15. The van der Waals surface area contributed by atoms with Crippen molar-refractivity contribution in [1.29, 1.82) is 0 Å². The summed E-state index contributed by atoms with van der Waals surface area (Å²) in [5.74, 6) is 1.15. The van der Waals surface area contributed by atoms with Crippen molar-refractivity contribution in [2.24, 2.45) is 11.8 Å². The zero-order valence-corrected chi connectivity index (χ0v) is 14.1. The second-order valence-corrected chi connectivity index (χ2v) is 8.27. The van der Waals surface area contributed by atoms with Gasteiger partial charge >= 0.3 is 0 Å². The molecule has 1 amide bonds. The van der Waals surface area contributed by atoms with Crippen LogP contribution in [0.5, 0.6) is 0 Å². The molecule has 4 atom stereocenters. The monoisotopic (exact) mass is 320 g/mol. The van der Waals surface area contributed by atoms with Crippen LogP contribution in [0.4, 0.5) is 0 Å². The largest absolute Gasteiger partial charge is 0.370 e. The maximum absolute atomic E-state index is 12.3. The Kier molecular flexibility index (Phi) is 3.55. The normalized spacial score (nSPS) is 36.7. The molecule has 0 aliphatic carbocycles. The van der Waals surface area contributed by atoms with Gasteiger partial charge in [0.1, 0.15) is 0 Å². The van der Waals surface area contributed by atoms with Crippen molar-refractivity contribution < 1.29 is 9.53 Å². The van der Waals surface area contributed by atoms with Gasteiger partial charge in [0.2, 0.25) is 0 Å². The van der Waals surface area contributed by atoms with E-state index in [0.717, 1.165) is 37.5 Å². The Morgan fingerprint density at radius 1 is 1.55 bits per heavy atom. The van der Waals surface area contributed by atoms with E-state index in [-0.39, 0.29) is 11.5 Å². The fourth-order valence-corrected chi connectivity index (χ4v) is 5.44. The first-order chi connectivity index (χ1) is 10.6. The van der Waals surface area contributed by atoms with E-state index in [0.29, 0.717) is 17.9 Å². The number of carbonyl (C=O) groups excluding carboxylic acids is 1. The third kappa shape index (κ3) is 2.22. The van der Waals surface area contributed by atoms with Crippen LogP contribution in [0.15, 0.2) is 12.1 Å². The molecule has 4 nitrogen and oxygen atoms in total. The number of rotatable bonds is 4. The number of carbonyl (C=O) groups is 1. The van der Waals surface area contributed by atoms with E-state index in [9.17, 15) is 4.79 Å². The summed E-state index contributed by atoms with van der Waals surface area (Å²) in [6.07, 6.45) is 2.72. The second-order valence-electron chi connectivity index (χ2n) is 6.98. The Balaban J connectivity index is 1.42. The van der Waals surface area contributed by atoms with Crippen molar-refractivity contribution >= 4 is 17.2 Å². The van der Waals surface area contributed by atoms with E-state index in [1.54, 1.807) is 11.3 Å². The molecule has 0 radical (unpaired) electrons. The van der Waals surface area contributed by atoms with Gasteiger partial charge in [-0.15, -0.1) is 11.3 Å². The number of nitrogens with zero attached hydrogens (tertiary/aromatic N) is 1. The first kappa shape index (κ1) is 14.7. The van der Waals surface area contributed by atoms with E-state index in [1.165, 1.54) is 11.3 Å². The molecule has 0 saturated carbocycles. The van der Waals surface area contributed by atoms with Gasteiger partial charge in [0.05, 0.1) is 16.6 Å². The smallest absolute Gasteiger partial charge is 0.261 e. The van der Waals surface area contributed by atoms with Crippen LogP contribution in [-0.2, 0) is 4.74 Å². The van der Waals surface area contributed by atoms with Gasteiger partial charge in [0.15, 0.2) is 0 Å². The molecule has 1 aromatic heterocycles. The average molecular weight is 320 g/mol. The maximum Gasteiger partial charge on any atom is 0.261 e. The number of likely N-dealkylation sites (tertiary alicyclic amines) is 1. The molecule has 0 unspecified atom stereocenters. The zero-order chi connectivity index (χ0) is 15.3. The second kappa shape index (κ2) is 5.32. The lowest BCUT2D eigenvalue weighted by Gasteiger charge is -2.29. The molecule has 1 spiro atoms. The number of nitrogens with one attached hydrogen (secondary N) is 1. The number of thiophene rings is 1. The molecule has 2 bridgehead atoms. The van der Waals surface area contributed by atoms with Crippen molar-refractivity contribution in [1.82, 2.24) is 10.2 Å². The molecule has 1 aromatic rings. The Bertz CT molecular complexity index is 587. The lowest BCUT2D eigenvalue weighted by Crippen LogP contribution is -2.41. The molecule has 120 valence electrons. The minimum Gasteiger partial charge on any atom is -0.370 e. The predicted octanol–water partition coefficient (Wildman–Crippen LogP) is 2.29. The molecule has 3 aliphatic rings. The quantitative estimate of drug-likeness (QED) is 0.925. The minimum atomic E-state index is 0.0697. The summed E-state index contributed by atoms with van der Waals surface area (Å²) in [6.45, 7) is 8.32. The Labute approximate surface area is 135 Å². The summed E-state index contributed by atoms with van der Waals surface area (Å²) in [4.78, 5) is 16.8. The van der Waals surface area contributed by atoms with Crippen LogP contribution in [0.1, 0.15) is 34.3 Å². The van der Waals surface area contributed by atoms with E-state index < -0.39 is 0 Å². The van der Waals surface area contributed by atoms with Crippen molar-refractivity contribution in [2.45, 2.75) is 38.4 Å². The molecule has 0 aromatic carbocycles. The van der Waals surface area contributed by atoms with Gasteiger partial charge in [-0.25, -0.2) is 0 Å². The summed E-state index contributed by atoms with van der Waals surface area (Å²) >= 11 is 1.56. The fraction of sp³-hybridized carbons (Fsp3) is 0.706. The fourth-order valence-electron chi connectivity index (χ4n) is 4.65. The highest BCUT2D eigenvalue weighted by Gasteiger charge is 2.62. The number of aryl methyl sites for hydroxylation is 1. The maximum atomic E-state index is 12.3. The standard InChI is InChI=1S/C17H24N2O2S/c1-3-19-9-13-12(14-6-7-17(13,10-19)21-14)8-18-16(20)15-5-4-11(2)22-15/h4-5,12-14H,3,6-10H2,1-2H3,(H,18,20)/t12-,13+,14+,17+/m0/s1. The molecule has 3 saturated heterocycles. The molecule has 22 heavy (non-hydrogen) atoms. The van der Waals surface area contributed by atoms with Gasteiger partial charge in [-0.3, -0.25) is 4.79 Å². The van der Waals surface area contributed by atoms with Crippen LogP contribution in [0.25, 0.3) is 0 Å². The Morgan fingerprint density at radius 3 is 3.14 bits per heavy atom. The highest BCUT2D eigenvalue weighted by atomic mass is 32.1. The van der Waals surface area contributed by atoms with Gasteiger partial charge in [0.25, 0.3) is 5.91 Å². The third-order valence-electron chi connectivity index (χ3n) is 5.76. The van der Waals surface area contributed by atoms with Crippen LogP contribution in [-0.4, -0.2) is 48.7 Å². The summed E-state index contributed by atoms with van der Waals surface area (Å²) in [7, 11) is 0. The van der Waals surface area contributed by atoms with Crippen molar-refractivity contribution in [3.05, 3.63) is 21.9 Å². The highest BCUT2D eigenvalue weighted by Crippen LogP contribution is 2.54.